The van der Waals surface area contributed by atoms with E-state index in [4.69, 9.17) is 23.2 Å². The number of pyridine rings is 2. The summed E-state index contributed by atoms with van der Waals surface area (Å²) in [7, 11) is 0. The van der Waals surface area contributed by atoms with E-state index in [1.54, 1.807) is 18.6 Å². The van der Waals surface area contributed by atoms with E-state index in [1.807, 2.05) is 22.7 Å². The predicted molar refractivity (Wildman–Crippen MR) is 109 cm³/mol. The maximum Gasteiger partial charge on any atom is 0.193 e. The van der Waals surface area contributed by atoms with Crippen molar-refractivity contribution in [2.45, 2.75) is 25.7 Å². The summed E-state index contributed by atoms with van der Waals surface area (Å²) in [5.74, 6) is 0.502. The van der Waals surface area contributed by atoms with Gasteiger partial charge in [0.25, 0.3) is 0 Å². The Morgan fingerprint density at radius 1 is 1.07 bits per heavy atom. The molecule has 0 aliphatic carbocycles. The predicted octanol–water partition coefficient (Wildman–Crippen LogP) is 4.44. The van der Waals surface area contributed by atoms with E-state index in [1.165, 1.54) is 4.80 Å². The van der Waals surface area contributed by atoms with Crippen LogP contribution in [0.25, 0.3) is 11.3 Å². The standard InChI is InChI=1S/C19H17Cl2N7/c1-19(2)5-8-26(15-4-3-12-10-16(21)25-27(12)17(15)19)13-9-14(20)18(22-11-13)28-23-6-7-24-28/h3-4,6-7,9-11H,5,8H2,1-2H3. The highest BCUT2D eigenvalue weighted by molar-refractivity contribution is 6.32. The van der Waals surface area contributed by atoms with Gasteiger partial charge in [0.2, 0.25) is 0 Å². The summed E-state index contributed by atoms with van der Waals surface area (Å²) in [4.78, 5) is 8.12. The van der Waals surface area contributed by atoms with E-state index >= 15 is 0 Å². The molecule has 0 saturated carbocycles. The first-order valence-corrected chi connectivity index (χ1v) is 9.68. The third kappa shape index (κ3) is 2.65. The number of rotatable bonds is 2. The summed E-state index contributed by atoms with van der Waals surface area (Å²) in [6.07, 6.45) is 5.94. The highest BCUT2D eigenvalue weighted by atomic mass is 35.5. The van der Waals surface area contributed by atoms with Crippen LogP contribution >= 0.6 is 23.2 Å². The quantitative estimate of drug-likeness (QED) is 0.486. The highest BCUT2D eigenvalue weighted by Crippen LogP contribution is 2.43. The molecule has 0 amide bonds. The minimum Gasteiger partial charge on any atom is -0.339 e. The number of hydrogen-bond donors (Lipinski definition) is 0. The minimum atomic E-state index is -0.0448. The highest BCUT2D eigenvalue weighted by Gasteiger charge is 2.35. The molecule has 5 rings (SSSR count). The summed E-state index contributed by atoms with van der Waals surface area (Å²) >= 11 is 12.7. The van der Waals surface area contributed by atoms with E-state index in [2.05, 4.69) is 45.1 Å². The SMILES string of the molecule is CC1(C)CCN(c2cnc(-n3nccn3)c(Cl)c2)c2ccc3cc(Cl)nn3c21. The summed E-state index contributed by atoms with van der Waals surface area (Å²) in [6.45, 7) is 5.31. The molecular formula is C19H17Cl2N7. The molecule has 0 unspecified atom stereocenters. The molecule has 1 aliphatic rings. The number of anilines is 2. The zero-order valence-electron chi connectivity index (χ0n) is 15.3. The van der Waals surface area contributed by atoms with Crippen molar-refractivity contribution in [3.8, 4) is 5.82 Å². The van der Waals surface area contributed by atoms with Crippen molar-refractivity contribution in [2.75, 3.05) is 11.4 Å². The lowest BCUT2D eigenvalue weighted by molar-refractivity contribution is 0.441. The molecule has 142 valence electrons. The van der Waals surface area contributed by atoms with Crippen molar-refractivity contribution in [3.63, 3.8) is 0 Å². The Morgan fingerprint density at radius 2 is 1.86 bits per heavy atom. The molecule has 4 aromatic heterocycles. The Hall–Kier alpha value is -2.64. The van der Waals surface area contributed by atoms with Gasteiger partial charge in [0.05, 0.1) is 46.2 Å². The summed E-state index contributed by atoms with van der Waals surface area (Å²) < 4.78 is 1.95. The maximum atomic E-state index is 6.50. The Balaban J connectivity index is 1.65. The molecule has 1 aliphatic heterocycles. The summed E-state index contributed by atoms with van der Waals surface area (Å²) in [6, 6.07) is 7.92. The largest absolute Gasteiger partial charge is 0.339 e. The number of hydrogen-bond acceptors (Lipinski definition) is 5. The molecule has 28 heavy (non-hydrogen) atoms. The van der Waals surface area contributed by atoms with Crippen molar-refractivity contribution in [2.24, 2.45) is 0 Å². The van der Waals surface area contributed by atoms with Gasteiger partial charge < -0.3 is 4.90 Å². The van der Waals surface area contributed by atoms with E-state index in [-0.39, 0.29) is 5.41 Å². The Labute approximate surface area is 171 Å². The first-order chi connectivity index (χ1) is 13.4. The first kappa shape index (κ1) is 17.5. The van der Waals surface area contributed by atoms with E-state index in [9.17, 15) is 0 Å². The van der Waals surface area contributed by atoms with Gasteiger partial charge in [-0.3, -0.25) is 0 Å². The van der Waals surface area contributed by atoms with Gasteiger partial charge in [-0.05, 0) is 24.6 Å². The number of aromatic nitrogens is 6. The van der Waals surface area contributed by atoms with Crippen molar-refractivity contribution < 1.29 is 0 Å². The van der Waals surface area contributed by atoms with Gasteiger partial charge in [0, 0.05) is 18.0 Å². The second-order valence-electron chi connectivity index (χ2n) is 7.47. The lowest BCUT2D eigenvalue weighted by atomic mass is 9.81. The molecule has 0 N–H and O–H groups in total. The average Bonchev–Trinajstić information content (AvgIpc) is 3.29. The summed E-state index contributed by atoms with van der Waals surface area (Å²) in [5.41, 5.74) is 4.05. The van der Waals surface area contributed by atoms with Crippen LogP contribution in [0.3, 0.4) is 0 Å². The second kappa shape index (κ2) is 6.18. The average molecular weight is 414 g/mol. The van der Waals surface area contributed by atoms with Crippen molar-refractivity contribution >= 4 is 40.1 Å². The molecule has 5 heterocycles. The zero-order chi connectivity index (χ0) is 19.5. The Morgan fingerprint density at radius 3 is 2.61 bits per heavy atom. The van der Waals surface area contributed by atoms with E-state index in [0.29, 0.717) is 16.0 Å². The monoisotopic (exact) mass is 413 g/mol. The lowest BCUT2D eigenvalue weighted by Gasteiger charge is -2.40. The van der Waals surface area contributed by atoms with Crippen LogP contribution in [0.15, 0.2) is 42.9 Å². The molecule has 0 saturated heterocycles. The van der Waals surface area contributed by atoms with E-state index in [0.717, 1.165) is 35.6 Å². The molecule has 4 aromatic rings. The van der Waals surface area contributed by atoms with Gasteiger partial charge in [0.1, 0.15) is 0 Å². The van der Waals surface area contributed by atoms with Crippen molar-refractivity contribution in [3.05, 3.63) is 58.7 Å². The summed E-state index contributed by atoms with van der Waals surface area (Å²) in [5, 5.41) is 13.7. The molecule has 9 heteroatoms. The van der Waals surface area contributed by atoms with Gasteiger partial charge in [-0.15, -0.1) is 4.80 Å². The minimum absolute atomic E-state index is 0.0448. The van der Waals surface area contributed by atoms with Crippen LogP contribution in [0.2, 0.25) is 10.2 Å². The van der Waals surface area contributed by atoms with Gasteiger partial charge in [-0.2, -0.15) is 15.3 Å². The van der Waals surface area contributed by atoms with Crippen LogP contribution in [0.4, 0.5) is 11.4 Å². The van der Waals surface area contributed by atoms with Gasteiger partial charge in [-0.1, -0.05) is 37.0 Å². The number of fused-ring (bicyclic) bond motifs is 3. The Kier molecular flexibility index (Phi) is 3.86. The van der Waals surface area contributed by atoms with Crippen LogP contribution in [0.5, 0.6) is 0 Å². The molecule has 0 fully saturated rings. The fourth-order valence-electron chi connectivity index (χ4n) is 3.80. The molecule has 0 aromatic carbocycles. The van der Waals surface area contributed by atoms with Crippen molar-refractivity contribution in [1.29, 1.82) is 0 Å². The van der Waals surface area contributed by atoms with Crippen LogP contribution in [-0.2, 0) is 5.41 Å². The topological polar surface area (TPSA) is 64.1 Å². The van der Waals surface area contributed by atoms with E-state index < -0.39 is 0 Å². The van der Waals surface area contributed by atoms with Gasteiger partial charge in [0.15, 0.2) is 11.0 Å². The maximum absolute atomic E-state index is 6.50. The van der Waals surface area contributed by atoms with Crippen LogP contribution in [0, 0.1) is 0 Å². The fourth-order valence-corrected chi connectivity index (χ4v) is 4.23. The van der Waals surface area contributed by atoms with Crippen LogP contribution in [-0.4, -0.2) is 36.1 Å². The molecular weight excluding hydrogens is 397 g/mol. The molecule has 0 spiro atoms. The lowest BCUT2D eigenvalue weighted by Crippen LogP contribution is -2.36. The third-order valence-electron chi connectivity index (χ3n) is 5.19. The molecule has 0 atom stereocenters. The second-order valence-corrected chi connectivity index (χ2v) is 8.27. The zero-order valence-corrected chi connectivity index (χ0v) is 16.9. The molecule has 0 radical (unpaired) electrons. The normalized spacial score (nSPS) is 15.8. The third-order valence-corrected chi connectivity index (χ3v) is 5.66. The molecule has 7 nitrogen and oxygen atoms in total. The number of halogens is 2. The molecule has 0 bridgehead atoms. The van der Waals surface area contributed by atoms with Crippen LogP contribution in [0.1, 0.15) is 26.0 Å². The smallest absolute Gasteiger partial charge is 0.193 e. The van der Waals surface area contributed by atoms with Crippen molar-refractivity contribution in [1.82, 2.24) is 29.6 Å². The van der Waals surface area contributed by atoms with Gasteiger partial charge >= 0.3 is 0 Å². The Bertz CT molecular complexity index is 1180. The fraction of sp³-hybridized carbons (Fsp3) is 0.263. The first-order valence-electron chi connectivity index (χ1n) is 8.92. The van der Waals surface area contributed by atoms with Gasteiger partial charge in [-0.25, -0.2) is 9.50 Å². The number of nitrogens with zero attached hydrogens (tertiary/aromatic N) is 7. The van der Waals surface area contributed by atoms with Crippen LogP contribution < -0.4 is 4.90 Å².